The van der Waals surface area contributed by atoms with Gasteiger partial charge < -0.3 is 10.0 Å². The van der Waals surface area contributed by atoms with Gasteiger partial charge in [-0.05, 0) is 25.0 Å². The van der Waals surface area contributed by atoms with Gasteiger partial charge in [0.2, 0.25) is 0 Å². The number of hydrogen-bond acceptors (Lipinski definition) is 3. The Morgan fingerprint density at radius 3 is 2.71 bits per heavy atom. The Morgan fingerprint density at radius 1 is 1.29 bits per heavy atom. The van der Waals surface area contributed by atoms with E-state index < -0.39 is 0 Å². The number of aliphatic hydroxyl groups excluding tert-OH is 1. The van der Waals surface area contributed by atoms with Gasteiger partial charge in [-0.2, -0.15) is 0 Å². The molecular formula is C13H18FNOS. The standard InChI is InChI=1S/C13H18FNOS/c14-12-3-1-2-4-13(12)17-10-9-15-7-5-11(16)6-8-15/h1-4,11,16H,5-10H2. The number of hydrogen-bond donors (Lipinski definition) is 1. The third kappa shape index (κ3) is 3.98. The number of benzene rings is 1. The molecule has 1 aliphatic heterocycles. The van der Waals surface area contributed by atoms with Crippen LogP contribution in [0.3, 0.4) is 0 Å². The van der Waals surface area contributed by atoms with E-state index in [1.807, 2.05) is 12.1 Å². The molecule has 2 rings (SSSR count). The van der Waals surface area contributed by atoms with Crippen molar-refractivity contribution in [3.05, 3.63) is 30.1 Å². The summed E-state index contributed by atoms with van der Waals surface area (Å²) in [5.74, 6) is 0.767. The molecule has 4 heteroatoms. The Bertz CT molecular complexity index is 353. The topological polar surface area (TPSA) is 23.5 Å². The molecule has 2 nitrogen and oxygen atoms in total. The monoisotopic (exact) mass is 255 g/mol. The van der Waals surface area contributed by atoms with Crippen molar-refractivity contribution in [3.8, 4) is 0 Å². The molecule has 0 spiro atoms. The number of nitrogens with zero attached hydrogens (tertiary/aromatic N) is 1. The van der Waals surface area contributed by atoms with Gasteiger partial charge in [0.15, 0.2) is 0 Å². The van der Waals surface area contributed by atoms with Gasteiger partial charge in [-0.25, -0.2) is 4.39 Å². The fourth-order valence-electron chi connectivity index (χ4n) is 1.99. The van der Waals surface area contributed by atoms with Crippen LogP contribution in [0.15, 0.2) is 29.2 Å². The molecule has 1 heterocycles. The van der Waals surface area contributed by atoms with Crippen LogP contribution in [0.2, 0.25) is 0 Å². The second-order valence-electron chi connectivity index (χ2n) is 4.35. The number of aliphatic hydroxyl groups is 1. The van der Waals surface area contributed by atoms with E-state index in [-0.39, 0.29) is 11.9 Å². The molecule has 1 aromatic rings. The molecule has 1 fully saturated rings. The Morgan fingerprint density at radius 2 is 2.00 bits per heavy atom. The third-order valence-corrected chi connectivity index (χ3v) is 4.09. The summed E-state index contributed by atoms with van der Waals surface area (Å²) in [6, 6.07) is 6.90. The summed E-state index contributed by atoms with van der Waals surface area (Å²) >= 11 is 1.56. The summed E-state index contributed by atoms with van der Waals surface area (Å²) in [5.41, 5.74) is 0. The number of rotatable bonds is 4. The first-order valence-corrected chi connectivity index (χ1v) is 7.02. The van der Waals surface area contributed by atoms with Gasteiger partial charge in [-0.1, -0.05) is 12.1 Å². The van der Waals surface area contributed by atoms with Crippen LogP contribution in [-0.4, -0.2) is 41.5 Å². The van der Waals surface area contributed by atoms with Gasteiger partial charge in [0.25, 0.3) is 0 Å². The van der Waals surface area contributed by atoms with E-state index >= 15 is 0 Å². The maximum Gasteiger partial charge on any atom is 0.136 e. The minimum atomic E-state index is -0.133. The highest BCUT2D eigenvalue weighted by molar-refractivity contribution is 7.99. The Hall–Kier alpha value is -0.580. The minimum Gasteiger partial charge on any atom is -0.393 e. The molecule has 1 aliphatic rings. The highest BCUT2D eigenvalue weighted by Gasteiger charge is 2.16. The van der Waals surface area contributed by atoms with E-state index in [4.69, 9.17) is 0 Å². The smallest absolute Gasteiger partial charge is 0.136 e. The zero-order chi connectivity index (χ0) is 12.1. The van der Waals surface area contributed by atoms with Gasteiger partial charge in [-0.3, -0.25) is 0 Å². The Balaban J connectivity index is 1.71. The highest BCUT2D eigenvalue weighted by Crippen LogP contribution is 2.21. The van der Waals surface area contributed by atoms with Crippen molar-refractivity contribution in [1.82, 2.24) is 4.90 Å². The largest absolute Gasteiger partial charge is 0.393 e. The lowest BCUT2D eigenvalue weighted by Crippen LogP contribution is -2.37. The SMILES string of the molecule is OC1CCN(CCSc2ccccc2F)CC1. The van der Waals surface area contributed by atoms with E-state index in [1.54, 1.807) is 17.8 Å². The van der Waals surface area contributed by atoms with Crippen molar-refractivity contribution in [3.63, 3.8) is 0 Å². The molecule has 0 aliphatic carbocycles. The number of piperidine rings is 1. The molecule has 0 atom stereocenters. The first-order chi connectivity index (χ1) is 8.25. The molecule has 0 unspecified atom stereocenters. The quantitative estimate of drug-likeness (QED) is 0.836. The van der Waals surface area contributed by atoms with Crippen LogP contribution in [0, 0.1) is 5.82 Å². The van der Waals surface area contributed by atoms with E-state index in [9.17, 15) is 9.50 Å². The molecule has 1 saturated heterocycles. The van der Waals surface area contributed by atoms with Crippen molar-refractivity contribution in [2.75, 3.05) is 25.4 Å². The number of likely N-dealkylation sites (tertiary alicyclic amines) is 1. The highest BCUT2D eigenvalue weighted by atomic mass is 32.2. The van der Waals surface area contributed by atoms with E-state index in [2.05, 4.69) is 4.90 Å². The lowest BCUT2D eigenvalue weighted by molar-refractivity contribution is 0.0857. The van der Waals surface area contributed by atoms with E-state index in [0.717, 1.165) is 43.1 Å². The predicted molar refractivity (Wildman–Crippen MR) is 68.8 cm³/mol. The zero-order valence-corrected chi connectivity index (χ0v) is 10.6. The van der Waals surface area contributed by atoms with Crippen molar-refractivity contribution in [2.24, 2.45) is 0 Å². The summed E-state index contributed by atoms with van der Waals surface area (Å²) in [4.78, 5) is 3.06. The fourth-order valence-corrected chi connectivity index (χ4v) is 2.94. The third-order valence-electron chi connectivity index (χ3n) is 3.06. The van der Waals surface area contributed by atoms with Crippen molar-refractivity contribution < 1.29 is 9.50 Å². The molecular weight excluding hydrogens is 237 g/mol. The Kier molecular flexibility index (Phi) is 4.83. The molecule has 17 heavy (non-hydrogen) atoms. The second-order valence-corrected chi connectivity index (χ2v) is 5.49. The first-order valence-electron chi connectivity index (χ1n) is 6.03. The van der Waals surface area contributed by atoms with E-state index in [1.165, 1.54) is 6.07 Å². The molecule has 0 saturated carbocycles. The predicted octanol–water partition coefficient (Wildman–Crippen LogP) is 2.37. The van der Waals surface area contributed by atoms with Crippen molar-refractivity contribution in [1.29, 1.82) is 0 Å². The molecule has 0 amide bonds. The van der Waals surface area contributed by atoms with Crippen LogP contribution in [0.5, 0.6) is 0 Å². The van der Waals surface area contributed by atoms with Crippen LogP contribution in [-0.2, 0) is 0 Å². The average Bonchev–Trinajstić information content (AvgIpc) is 2.34. The van der Waals surface area contributed by atoms with Crippen LogP contribution in [0.4, 0.5) is 4.39 Å². The summed E-state index contributed by atoms with van der Waals surface area (Å²) in [7, 11) is 0. The summed E-state index contributed by atoms with van der Waals surface area (Å²) in [6.07, 6.45) is 1.61. The van der Waals surface area contributed by atoms with Crippen molar-refractivity contribution in [2.45, 2.75) is 23.8 Å². The van der Waals surface area contributed by atoms with Gasteiger partial charge in [-0.15, -0.1) is 11.8 Å². The summed E-state index contributed by atoms with van der Waals surface area (Å²) in [5, 5.41) is 9.39. The summed E-state index contributed by atoms with van der Waals surface area (Å²) < 4.78 is 13.3. The normalized spacial score (nSPS) is 18.5. The van der Waals surface area contributed by atoms with E-state index in [0.29, 0.717) is 0 Å². The number of thioether (sulfide) groups is 1. The molecule has 0 bridgehead atoms. The lowest BCUT2D eigenvalue weighted by Gasteiger charge is -2.29. The first kappa shape index (κ1) is 12.9. The maximum absolute atomic E-state index is 13.3. The van der Waals surface area contributed by atoms with Crippen LogP contribution in [0.1, 0.15) is 12.8 Å². The molecule has 1 N–H and O–H groups in total. The van der Waals surface area contributed by atoms with Gasteiger partial charge in [0.1, 0.15) is 5.82 Å². The Labute approximate surface area is 106 Å². The number of halogens is 1. The van der Waals surface area contributed by atoms with Crippen LogP contribution >= 0.6 is 11.8 Å². The molecule has 94 valence electrons. The minimum absolute atomic E-state index is 0.120. The fraction of sp³-hybridized carbons (Fsp3) is 0.538. The average molecular weight is 255 g/mol. The van der Waals surface area contributed by atoms with Crippen LogP contribution in [0.25, 0.3) is 0 Å². The molecule has 0 aromatic heterocycles. The molecule has 1 aromatic carbocycles. The van der Waals surface area contributed by atoms with Gasteiger partial charge >= 0.3 is 0 Å². The summed E-state index contributed by atoms with van der Waals surface area (Å²) in [6.45, 7) is 2.88. The van der Waals surface area contributed by atoms with Crippen LogP contribution < -0.4 is 0 Å². The molecule has 0 radical (unpaired) electrons. The second kappa shape index (κ2) is 6.38. The van der Waals surface area contributed by atoms with Gasteiger partial charge in [0, 0.05) is 30.3 Å². The maximum atomic E-state index is 13.3. The van der Waals surface area contributed by atoms with Crippen molar-refractivity contribution >= 4 is 11.8 Å². The zero-order valence-electron chi connectivity index (χ0n) is 9.81. The van der Waals surface area contributed by atoms with Gasteiger partial charge in [0.05, 0.1) is 6.10 Å². The lowest BCUT2D eigenvalue weighted by atomic mass is 10.1.